The summed E-state index contributed by atoms with van der Waals surface area (Å²) in [7, 11) is 3.18. The number of hydrogen-bond donors (Lipinski definition) is 0. The fraction of sp³-hybridized carbons (Fsp3) is 0.409. The average Bonchev–Trinajstić information content (AvgIpc) is 2.66. The van der Waals surface area contributed by atoms with Crippen LogP contribution in [0.5, 0.6) is 11.5 Å². The molecule has 2 aromatic carbocycles. The van der Waals surface area contributed by atoms with Crippen molar-refractivity contribution in [2.75, 3.05) is 45.3 Å². The highest BCUT2D eigenvalue weighted by Gasteiger charge is 2.24. The Morgan fingerprint density at radius 3 is 1.81 bits per heavy atom. The van der Waals surface area contributed by atoms with Gasteiger partial charge < -0.3 is 19.3 Å². The number of nitrogens with zero attached hydrogens (tertiary/aromatic N) is 2. The Labute approximate surface area is 161 Å². The summed E-state index contributed by atoms with van der Waals surface area (Å²) in [6.07, 6.45) is 0. The van der Waals surface area contributed by atoms with Crippen molar-refractivity contribution in [1.29, 1.82) is 0 Å². The van der Waals surface area contributed by atoms with Gasteiger partial charge in [0.25, 0.3) is 5.91 Å². The zero-order chi connectivity index (χ0) is 19.6. The molecule has 1 aliphatic rings. The number of carbonyl (C=O) groups is 1. The zero-order valence-corrected chi connectivity index (χ0v) is 16.8. The van der Waals surface area contributed by atoms with E-state index in [-0.39, 0.29) is 5.91 Å². The second-order valence-corrected chi connectivity index (χ2v) is 7.13. The van der Waals surface area contributed by atoms with Gasteiger partial charge in [-0.15, -0.1) is 0 Å². The van der Waals surface area contributed by atoms with Crippen LogP contribution in [0.3, 0.4) is 0 Å². The van der Waals surface area contributed by atoms with Gasteiger partial charge in [0, 0.05) is 43.5 Å². The minimum atomic E-state index is 0.0178. The molecule has 1 heterocycles. The standard InChI is InChI=1S/C22H28N2O3/c1-15-10-16(2)21(17(3)11-15)23-6-8-24(9-7-23)22(25)18-12-19(26-4)14-20(13-18)27-5/h10-14H,6-9H2,1-5H3. The zero-order valence-electron chi connectivity index (χ0n) is 16.8. The quantitative estimate of drug-likeness (QED) is 0.827. The predicted octanol–water partition coefficient (Wildman–Crippen LogP) is 3.59. The molecule has 1 saturated heterocycles. The van der Waals surface area contributed by atoms with Crippen LogP contribution in [0, 0.1) is 20.8 Å². The molecule has 1 aliphatic heterocycles. The minimum Gasteiger partial charge on any atom is -0.497 e. The summed E-state index contributed by atoms with van der Waals surface area (Å²) in [5.41, 5.74) is 5.78. The van der Waals surface area contributed by atoms with Gasteiger partial charge >= 0.3 is 0 Å². The maximum Gasteiger partial charge on any atom is 0.254 e. The molecule has 0 saturated carbocycles. The van der Waals surface area contributed by atoms with Gasteiger partial charge in [0.2, 0.25) is 0 Å². The summed E-state index contributed by atoms with van der Waals surface area (Å²) in [6, 6.07) is 9.76. The number of rotatable bonds is 4. The topological polar surface area (TPSA) is 42.0 Å². The Balaban J connectivity index is 1.73. The van der Waals surface area contributed by atoms with Crippen molar-refractivity contribution in [2.45, 2.75) is 20.8 Å². The van der Waals surface area contributed by atoms with E-state index in [0.717, 1.165) is 13.1 Å². The number of ether oxygens (including phenoxy) is 2. The molecular weight excluding hydrogens is 340 g/mol. The van der Waals surface area contributed by atoms with Crippen LogP contribution in [0.2, 0.25) is 0 Å². The number of anilines is 1. The van der Waals surface area contributed by atoms with Crippen LogP contribution in [0.4, 0.5) is 5.69 Å². The molecule has 0 radical (unpaired) electrons. The van der Waals surface area contributed by atoms with Crippen molar-refractivity contribution in [2.24, 2.45) is 0 Å². The highest BCUT2D eigenvalue weighted by Crippen LogP contribution is 2.28. The summed E-state index contributed by atoms with van der Waals surface area (Å²) in [4.78, 5) is 17.2. The number of methoxy groups -OCH3 is 2. The third-order valence-electron chi connectivity index (χ3n) is 5.12. The summed E-state index contributed by atoms with van der Waals surface area (Å²) in [5.74, 6) is 1.27. The second-order valence-electron chi connectivity index (χ2n) is 7.13. The number of carbonyl (C=O) groups excluding carboxylic acids is 1. The SMILES string of the molecule is COc1cc(OC)cc(C(=O)N2CCN(c3c(C)cc(C)cc3C)CC2)c1. The molecule has 27 heavy (non-hydrogen) atoms. The third-order valence-corrected chi connectivity index (χ3v) is 5.12. The largest absolute Gasteiger partial charge is 0.497 e. The molecule has 0 bridgehead atoms. The summed E-state index contributed by atoms with van der Waals surface area (Å²) in [5, 5.41) is 0. The van der Waals surface area contributed by atoms with Crippen molar-refractivity contribution < 1.29 is 14.3 Å². The molecule has 0 aromatic heterocycles. The fourth-order valence-electron chi connectivity index (χ4n) is 3.92. The highest BCUT2D eigenvalue weighted by molar-refractivity contribution is 5.95. The van der Waals surface area contributed by atoms with Gasteiger partial charge in [0.05, 0.1) is 14.2 Å². The normalized spacial score (nSPS) is 14.3. The number of aryl methyl sites for hydroxylation is 3. The monoisotopic (exact) mass is 368 g/mol. The molecule has 1 fully saturated rings. The van der Waals surface area contributed by atoms with E-state index in [2.05, 4.69) is 37.8 Å². The number of hydrogen-bond acceptors (Lipinski definition) is 4. The molecule has 0 atom stereocenters. The lowest BCUT2D eigenvalue weighted by Crippen LogP contribution is -2.49. The molecule has 1 amide bonds. The van der Waals surface area contributed by atoms with Gasteiger partial charge in [-0.1, -0.05) is 17.7 Å². The molecule has 0 N–H and O–H groups in total. The lowest BCUT2D eigenvalue weighted by atomic mass is 10.0. The van der Waals surface area contributed by atoms with Gasteiger partial charge in [0.1, 0.15) is 11.5 Å². The molecule has 5 nitrogen and oxygen atoms in total. The van der Waals surface area contributed by atoms with Crippen LogP contribution >= 0.6 is 0 Å². The molecule has 5 heteroatoms. The first kappa shape index (κ1) is 19.1. The lowest BCUT2D eigenvalue weighted by molar-refractivity contribution is 0.0746. The number of amides is 1. The maximum atomic E-state index is 13.0. The van der Waals surface area contributed by atoms with Crippen LogP contribution in [-0.4, -0.2) is 51.2 Å². The second kappa shape index (κ2) is 7.91. The van der Waals surface area contributed by atoms with Crippen LogP contribution in [0.1, 0.15) is 27.0 Å². The van der Waals surface area contributed by atoms with E-state index in [1.54, 1.807) is 32.4 Å². The van der Waals surface area contributed by atoms with E-state index in [4.69, 9.17) is 9.47 Å². The molecule has 2 aromatic rings. The summed E-state index contributed by atoms with van der Waals surface area (Å²) in [6.45, 7) is 9.51. The van der Waals surface area contributed by atoms with Crippen molar-refractivity contribution >= 4 is 11.6 Å². The Hall–Kier alpha value is -2.69. The maximum absolute atomic E-state index is 13.0. The Bertz CT molecular complexity index is 794. The number of piperazine rings is 1. The summed E-state index contributed by atoms with van der Waals surface area (Å²) >= 11 is 0. The molecule has 3 rings (SSSR count). The van der Waals surface area contributed by atoms with E-state index in [0.29, 0.717) is 30.2 Å². The van der Waals surface area contributed by atoms with Gasteiger partial charge in [-0.3, -0.25) is 4.79 Å². The van der Waals surface area contributed by atoms with Crippen LogP contribution < -0.4 is 14.4 Å². The minimum absolute atomic E-state index is 0.0178. The number of benzene rings is 2. The molecule has 0 unspecified atom stereocenters. The average molecular weight is 368 g/mol. The first-order valence-electron chi connectivity index (χ1n) is 9.28. The van der Waals surface area contributed by atoms with Crippen LogP contribution in [0.25, 0.3) is 0 Å². The van der Waals surface area contributed by atoms with E-state index >= 15 is 0 Å². The van der Waals surface area contributed by atoms with Gasteiger partial charge in [-0.25, -0.2) is 0 Å². The van der Waals surface area contributed by atoms with Crippen LogP contribution in [-0.2, 0) is 0 Å². The van der Waals surface area contributed by atoms with E-state index in [1.165, 1.54) is 22.4 Å². The first-order valence-corrected chi connectivity index (χ1v) is 9.28. The van der Waals surface area contributed by atoms with Crippen molar-refractivity contribution in [3.63, 3.8) is 0 Å². The predicted molar refractivity (Wildman–Crippen MR) is 108 cm³/mol. The van der Waals surface area contributed by atoms with Crippen molar-refractivity contribution in [1.82, 2.24) is 4.90 Å². The Morgan fingerprint density at radius 1 is 0.815 bits per heavy atom. The van der Waals surface area contributed by atoms with Gasteiger partial charge in [-0.2, -0.15) is 0 Å². The lowest BCUT2D eigenvalue weighted by Gasteiger charge is -2.37. The molecule has 0 spiro atoms. The van der Waals surface area contributed by atoms with E-state index < -0.39 is 0 Å². The van der Waals surface area contributed by atoms with E-state index in [1.807, 2.05) is 4.90 Å². The third kappa shape index (κ3) is 4.02. The van der Waals surface area contributed by atoms with Crippen molar-refractivity contribution in [3.8, 4) is 11.5 Å². The van der Waals surface area contributed by atoms with Crippen molar-refractivity contribution in [3.05, 3.63) is 52.6 Å². The molecule has 0 aliphatic carbocycles. The fourth-order valence-corrected chi connectivity index (χ4v) is 3.92. The Kier molecular flexibility index (Phi) is 5.59. The van der Waals surface area contributed by atoms with E-state index in [9.17, 15) is 4.79 Å². The smallest absolute Gasteiger partial charge is 0.254 e. The Morgan fingerprint density at radius 2 is 1.33 bits per heavy atom. The first-order chi connectivity index (χ1) is 12.9. The molecule has 144 valence electrons. The van der Waals surface area contributed by atoms with Gasteiger partial charge in [0.15, 0.2) is 0 Å². The highest BCUT2D eigenvalue weighted by atomic mass is 16.5. The summed E-state index contributed by atoms with van der Waals surface area (Å²) < 4.78 is 10.6. The van der Waals surface area contributed by atoms with Crippen LogP contribution in [0.15, 0.2) is 30.3 Å². The van der Waals surface area contributed by atoms with Gasteiger partial charge in [-0.05, 0) is 44.0 Å². The molecular formula is C22H28N2O3.